The van der Waals surface area contributed by atoms with Gasteiger partial charge in [0.05, 0.1) is 39.0 Å². The van der Waals surface area contributed by atoms with Gasteiger partial charge in [-0.1, -0.05) is 65.8 Å². The summed E-state index contributed by atoms with van der Waals surface area (Å²) in [7, 11) is 0. The molecule has 8 heteroatoms. The highest BCUT2D eigenvalue weighted by molar-refractivity contribution is 6.42. The number of imide groups is 1. The summed E-state index contributed by atoms with van der Waals surface area (Å²) in [6, 6.07) is 11.5. The lowest BCUT2D eigenvalue weighted by Gasteiger charge is -2.31. The van der Waals surface area contributed by atoms with Crippen LogP contribution in [0.15, 0.2) is 42.5 Å². The third-order valence-electron chi connectivity index (χ3n) is 5.71. The third-order valence-corrected chi connectivity index (χ3v) is 6.78. The maximum atomic E-state index is 13.4. The average molecular weight is 466 g/mol. The molecule has 2 fully saturated rings. The second-order valence-electron chi connectivity index (χ2n) is 7.58. The smallest absolute Gasteiger partial charge is 0.272 e. The normalized spacial score (nSPS) is 21.0. The van der Waals surface area contributed by atoms with Gasteiger partial charge in [-0.15, -0.1) is 0 Å². The molecule has 2 aromatic carbocycles. The summed E-state index contributed by atoms with van der Waals surface area (Å²) < 4.78 is 0. The maximum Gasteiger partial charge on any atom is 0.274 e. The van der Waals surface area contributed by atoms with Crippen molar-refractivity contribution in [3.63, 3.8) is 0 Å². The Labute approximate surface area is 189 Å². The van der Waals surface area contributed by atoms with Crippen molar-refractivity contribution in [1.82, 2.24) is 10.0 Å². The van der Waals surface area contributed by atoms with E-state index in [-0.39, 0.29) is 40.8 Å². The molecular weight excluding hydrogens is 447 g/mol. The fraction of sp³-hybridized carbons (Fsp3) is 0.318. The van der Waals surface area contributed by atoms with Crippen LogP contribution in [0.1, 0.15) is 41.6 Å². The van der Waals surface area contributed by atoms with Gasteiger partial charge in [0, 0.05) is 0 Å². The number of hydrazine groups is 1. The number of hydrogen-bond donors (Lipinski definition) is 0. The Bertz CT molecular complexity index is 1000. The predicted octanol–water partition coefficient (Wildman–Crippen LogP) is 5.38. The zero-order valence-electron chi connectivity index (χ0n) is 16.0. The fourth-order valence-corrected chi connectivity index (χ4v) is 4.74. The van der Waals surface area contributed by atoms with Crippen LogP contribution < -0.4 is 0 Å². The van der Waals surface area contributed by atoms with E-state index < -0.39 is 5.91 Å². The van der Waals surface area contributed by atoms with Crippen molar-refractivity contribution in [1.29, 1.82) is 0 Å². The maximum absolute atomic E-state index is 13.4. The molecule has 3 amide bonds. The van der Waals surface area contributed by atoms with E-state index >= 15 is 0 Å². The molecule has 0 aromatic heterocycles. The van der Waals surface area contributed by atoms with E-state index in [2.05, 4.69) is 0 Å². The van der Waals surface area contributed by atoms with Gasteiger partial charge in [0.15, 0.2) is 0 Å². The molecule has 2 aliphatic rings. The minimum Gasteiger partial charge on any atom is -0.272 e. The van der Waals surface area contributed by atoms with E-state index in [9.17, 15) is 14.4 Å². The first-order valence-electron chi connectivity index (χ1n) is 9.76. The van der Waals surface area contributed by atoms with E-state index in [0.717, 1.165) is 17.9 Å². The highest BCUT2D eigenvalue weighted by Crippen LogP contribution is 2.39. The van der Waals surface area contributed by atoms with Crippen LogP contribution in [-0.2, 0) is 16.1 Å². The molecule has 2 atom stereocenters. The van der Waals surface area contributed by atoms with Crippen LogP contribution in [0.4, 0.5) is 0 Å². The molecule has 30 heavy (non-hydrogen) atoms. The first-order valence-corrected chi connectivity index (χ1v) is 10.9. The van der Waals surface area contributed by atoms with Crippen molar-refractivity contribution in [2.24, 2.45) is 11.8 Å². The molecule has 2 aromatic rings. The molecule has 1 aliphatic carbocycles. The van der Waals surface area contributed by atoms with Crippen LogP contribution in [0, 0.1) is 11.8 Å². The monoisotopic (exact) mass is 464 g/mol. The summed E-state index contributed by atoms with van der Waals surface area (Å²) in [5.41, 5.74) is 0.856. The van der Waals surface area contributed by atoms with Crippen LogP contribution >= 0.6 is 34.8 Å². The Morgan fingerprint density at radius 3 is 2.13 bits per heavy atom. The number of nitrogens with zero attached hydrogens (tertiary/aromatic N) is 2. The van der Waals surface area contributed by atoms with Crippen LogP contribution in [-0.4, -0.2) is 27.7 Å². The zero-order chi connectivity index (χ0) is 21.4. The lowest BCUT2D eigenvalue weighted by molar-refractivity contribution is -0.155. The molecule has 0 N–H and O–H groups in total. The summed E-state index contributed by atoms with van der Waals surface area (Å²) in [6.45, 7) is -0.0160. The standard InChI is InChI=1S/C22H19Cl3N2O3/c23-17-8-4-3-7-16(17)20(28)26(12-13-9-10-18(24)19(25)11-13)27-21(29)14-5-1-2-6-15(14)22(27)30/h3-4,7-11,14-15H,1-2,5-6,12H2/t14-,15-/m1/s1. The minimum absolute atomic E-state index is 0.0160. The number of fused-ring (bicyclic) bond motifs is 1. The molecule has 4 rings (SSSR count). The van der Waals surface area contributed by atoms with Crippen molar-refractivity contribution in [2.45, 2.75) is 32.2 Å². The van der Waals surface area contributed by atoms with Crippen LogP contribution in [0.3, 0.4) is 0 Å². The number of carbonyl (C=O) groups is 3. The molecule has 0 spiro atoms. The lowest BCUT2D eigenvalue weighted by Crippen LogP contribution is -2.49. The molecular formula is C22H19Cl3N2O3. The van der Waals surface area contributed by atoms with Crippen molar-refractivity contribution in [3.8, 4) is 0 Å². The molecule has 0 bridgehead atoms. The minimum atomic E-state index is -0.521. The number of carbonyl (C=O) groups excluding carboxylic acids is 3. The molecule has 0 radical (unpaired) electrons. The van der Waals surface area contributed by atoms with E-state index in [1.807, 2.05) is 0 Å². The average Bonchev–Trinajstić information content (AvgIpc) is 2.99. The van der Waals surface area contributed by atoms with E-state index in [1.54, 1.807) is 42.5 Å². The number of benzene rings is 2. The van der Waals surface area contributed by atoms with Crippen molar-refractivity contribution in [2.75, 3.05) is 0 Å². The molecule has 1 aliphatic heterocycles. The molecule has 0 unspecified atom stereocenters. The second-order valence-corrected chi connectivity index (χ2v) is 8.80. The topological polar surface area (TPSA) is 57.7 Å². The van der Waals surface area contributed by atoms with Gasteiger partial charge in [0.1, 0.15) is 0 Å². The Hall–Kier alpha value is -2.08. The van der Waals surface area contributed by atoms with Gasteiger partial charge in [0.25, 0.3) is 17.7 Å². The molecule has 1 heterocycles. The second kappa shape index (κ2) is 8.58. The quantitative estimate of drug-likeness (QED) is 0.570. The van der Waals surface area contributed by atoms with E-state index in [0.29, 0.717) is 28.5 Å². The number of halogens is 3. The van der Waals surface area contributed by atoms with E-state index in [1.165, 1.54) is 5.01 Å². The van der Waals surface area contributed by atoms with Crippen molar-refractivity contribution in [3.05, 3.63) is 68.7 Å². The SMILES string of the molecule is O=C(c1ccccc1Cl)N(Cc1ccc(Cl)c(Cl)c1)N1C(=O)[C@@H]2CCCC[C@H]2C1=O. The first-order chi connectivity index (χ1) is 14.4. The van der Waals surface area contributed by atoms with Crippen molar-refractivity contribution >= 4 is 52.5 Å². The molecule has 5 nitrogen and oxygen atoms in total. The summed E-state index contributed by atoms with van der Waals surface area (Å²) >= 11 is 18.4. The Morgan fingerprint density at radius 2 is 1.53 bits per heavy atom. The number of rotatable bonds is 4. The lowest BCUT2D eigenvalue weighted by atomic mass is 9.81. The van der Waals surface area contributed by atoms with Gasteiger partial charge in [0.2, 0.25) is 0 Å². The summed E-state index contributed by atoms with van der Waals surface area (Å²) in [5.74, 6) is -1.93. The molecule has 1 saturated carbocycles. The Kier molecular flexibility index (Phi) is 6.05. The number of hydrogen-bond acceptors (Lipinski definition) is 3. The Balaban J connectivity index is 1.74. The first kappa shape index (κ1) is 21.2. The fourth-order valence-electron chi connectivity index (χ4n) is 4.20. The van der Waals surface area contributed by atoms with Crippen LogP contribution in [0.2, 0.25) is 15.1 Å². The molecule has 1 saturated heterocycles. The van der Waals surface area contributed by atoms with Gasteiger partial charge >= 0.3 is 0 Å². The summed E-state index contributed by atoms with van der Waals surface area (Å²) in [6.07, 6.45) is 3.12. The largest absolute Gasteiger partial charge is 0.274 e. The van der Waals surface area contributed by atoms with Gasteiger partial charge in [-0.2, -0.15) is 5.01 Å². The van der Waals surface area contributed by atoms with E-state index in [4.69, 9.17) is 34.8 Å². The van der Waals surface area contributed by atoms with Gasteiger partial charge in [-0.05, 0) is 42.7 Å². The van der Waals surface area contributed by atoms with Crippen molar-refractivity contribution < 1.29 is 14.4 Å². The van der Waals surface area contributed by atoms with Gasteiger partial charge in [-0.25, -0.2) is 5.01 Å². The highest BCUT2D eigenvalue weighted by Gasteiger charge is 2.51. The van der Waals surface area contributed by atoms with Crippen LogP contribution in [0.25, 0.3) is 0 Å². The Morgan fingerprint density at radius 1 is 0.900 bits per heavy atom. The number of amides is 3. The summed E-state index contributed by atoms with van der Waals surface area (Å²) in [4.78, 5) is 39.8. The van der Waals surface area contributed by atoms with Gasteiger partial charge < -0.3 is 0 Å². The predicted molar refractivity (Wildman–Crippen MR) is 115 cm³/mol. The zero-order valence-corrected chi connectivity index (χ0v) is 18.3. The molecule has 156 valence electrons. The summed E-state index contributed by atoms with van der Waals surface area (Å²) in [5, 5.41) is 3.16. The van der Waals surface area contributed by atoms with Crippen LogP contribution in [0.5, 0.6) is 0 Å². The van der Waals surface area contributed by atoms with Gasteiger partial charge in [-0.3, -0.25) is 14.4 Å². The highest BCUT2D eigenvalue weighted by atomic mass is 35.5. The third kappa shape index (κ3) is 3.82.